The first-order valence-electron chi connectivity index (χ1n) is 7.93. The second-order valence-corrected chi connectivity index (χ2v) is 6.81. The van der Waals surface area contributed by atoms with Crippen molar-refractivity contribution in [1.82, 2.24) is 10.2 Å². The van der Waals surface area contributed by atoms with Crippen molar-refractivity contribution in [1.29, 1.82) is 0 Å². The summed E-state index contributed by atoms with van der Waals surface area (Å²) < 4.78 is 6.65. The summed E-state index contributed by atoms with van der Waals surface area (Å²) >= 11 is 3.72. The molecule has 0 spiro atoms. The van der Waals surface area contributed by atoms with Crippen LogP contribution in [-0.4, -0.2) is 38.3 Å². The molecule has 3 nitrogen and oxygen atoms in total. The van der Waals surface area contributed by atoms with Crippen LogP contribution in [0.5, 0.6) is 0 Å². The van der Waals surface area contributed by atoms with E-state index in [2.05, 4.69) is 58.3 Å². The smallest absolute Gasteiger partial charge is 0.0469 e. The summed E-state index contributed by atoms with van der Waals surface area (Å²) in [5.74, 6) is 0.788. The lowest BCUT2D eigenvalue weighted by molar-refractivity contribution is 0.0549. The lowest BCUT2D eigenvalue weighted by Gasteiger charge is -2.27. The Balaban J connectivity index is 1.86. The Morgan fingerprint density at radius 3 is 2.76 bits per heavy atom. The number of benzene rings is 1. The van der Waals surface area contributed by atoms with Crippen molar-refractivity contribution in [2.24, 2.45) is 5.92 Å². The van der Waals surface area contributed by atoms with Crippen molar-refractivity contribution in [2.45, 2.75) is 32.9 Å². The van der Waals surface area contributed by atoms with Gasteiger partial charge in [0, 0.05) is 37.3 Å². The van der Waals surface area contributed by atoms with E-state index in [1.807, 2.05) is 0 Å². The van der Waals surface area contributed by atoms with Crippen LogP contribution in [0.3, 0.4) is 0 Å². The van der Waals surface area contributed by atoms with Gasteiger partial charge in [0.2, 0.25) is 0 Å². The van der Waals surface area contributed by atoms with Gasteiger partial charge < -0.3 is 15.0 Å². The van der Waals surface area contributed by atoms with Crippen molar-refractivity contribution < 1.29 is 4.74 Å². The highest BCUT2D eigenvalue weighted by atomic mass is 79.9. The van der Waals surface area contributed by atoms with E-state index in [1.165, 1.54) is 28.4 Å². The molecule has 1 aromatic rings. The summed E-state index contributed by atoms with van der Waals surface area (Å²) in [5, 5.41) is 3.36. The minimum atomic E-state index is 0.788. The first kappa shape index (κ1) is 16.9. The Labute approximate surface area is 137 Å². The van der Waals surface area contributed by atoms with E-state index in [9.17, 15) is 0 Å². The maximum Gasteiger partial charge on any atom is 0.0469 e. The highest BCUT2D eigenvalue weighted by molar-refractivity contribution is 9.10. The minimum Gasteiger partial charge on any atom is -0.381 e. The predicted octanol–water partition coefficient (Wildman–Crippen LogP) is 3.42. The zero-order chi connectivity index (χ0) is 15.1. The highest BCUT2D eigenvalue weighted by Crippen LogP contribution is 2.22. The molecule has 4 heteroatoms. The molecule has 1 saturated heterocycles. The monoisotopic (exact) mass is 354 g/mol. The molecule has 1 aliphatic rings. The van der Waals surface area contributed by atoms with Crippen molar-refractivity contribution in [3.63, 3.8) is 0 Å². The molecule has 0 unspecified atom stereocenters. The highest BCUT2D eigenvalue weighted by Gasteiger charge is 2.16. The second kappa shape index (κ2) is 8.89. The molecule has 0 radical (unpaired) electrons. The molecule has 0 atom stereocenters. The van der Waals surface area contributed by atoms with Crippen LogP contribution in [0, 0.1) is 5.92 Å². The standard InChI is InChI=1S/C17H27BrN2O/c1-3-19-11-15-4-5-16(17(18)10-15)13-20(2)12-14-6-8-21-9-7-14/h4-5,10,14,19H,3,6-9,11-13H2,1-2H3. The van der Waals surface area contributed by atoms with E-state index in [1.54, 1.807) is 0 Å². The molecule has 1 aliphatic heterocycles. The van der Waals surface area contributed by atoms with Crippen LogP contribution in [0.15, 0.2) is 22.7 Å². The predicted molar refractivity (Wildman–Crippen MR) is 91.4 cm³/mol. The van der Waals surface area contributed by atoms with Gasteiger partial charge in [-0.15, -0.1) is 0 Å². The van der Waals surface area contributed by atoms with E-state index >= 15 is 0 Å². The quantitative estimate of drug-likeness (QED) is 0.811. The largest absolute Gasteiger partial charge is 0.381 e. The number of rotatable bonds is 7. The van der Waals surface area contributed by atoms with Gasteiger partial charge in [0.15, 0.2) is 0 Å². The van der Waals surface area contributed by atoms with Gasteiger partial charge in [-0.2, -0.15) is 0 Å². The molecule has 0 amide bonds. The van der Waals surface area contributed by atoms with Crippen molar-refractivity contribution >= 4 is 15.9 Å². The maximum absolute atomic E-state index is 5.43. The maximum atomic E-state index is 5.43. The Morgan fingerprint density at radius 1 is 1.33 bits per heavy atom. The topological polar surface area (TPSA) is 24.5 Å². The molecule has 1 N–H and O–H groups in total. The molecule has 1 heterocycles. The molecule has 0 aromatic heterocycles. The van der Waals surface area contributed by atoms with Crippen LogP contribution < -0.4 is 5.32 Å². The lowest BCUT2D eigenvalue weighted by Crippen LogP contribution is -2.29. The van der Waals surface area contributed by atoms with Gasteiger partial charge in [0.25, 0.3) is 0 Å². The molecule has 0 bridgehead atoms. The molecule has 2 rings (SSSR count). The fraction of sp³-hybridized carbons (Fsp3) is 0.647. The summed E-state index contributed by atoms with van der Waals surface area (Å²) in [4.78, 5) is 2.43. The van der Waals surface area contributed by atoms with E-state index in [4.69, 9.17) is 4.74 Å². The van der Waals surface area contributed by atoms with Crippen LogP contribution in [0.25, 0.3) is 0 Å². The first-order chi connectivity index (χ1) is 10.2. The molecule has 0 aliphatic carbocycles. The number of halogens is 1. The summed E-state index contributed by atoms with van der Waals surface area (Å²) in [5.41, 5.74) is 2.70. The Bertz CT molecular complexity index is 433. The SMILES string of the molecule is CCNCc1ccc(CN(C)CC2CCOCC2)c(Br)c1. The van der Waals surface area contributed by atoms with Crippen LogP contribution in [0.1, 0.15) is 30.9 Å². The van der Waals surface area contributed by atoms with Crippen LogP contribution >= 0.6 is 15.9 Å². The number of ether oxygens (including phenoxy) is 1. The fourth-order valence-electron chi connectivity index (χ4n) is 2.82. The van der Waals surface area contributed by atoms with E-state index in [0.29, 0.717) is 0 Å². The zero-order valence-electron chi connectivity index (χ0n) is 13.2. The molecular weight excluding hydrogens is 328 g/mol. The molecule has 1 fully saturated rings. The van der Waals surface area contributed by atoms with Gasteiger partial charge in [0.05, 0.1) is 0 Å². The van der Waals surface area contributed by atoms with Gasteiger partial charge in [-0.25, -0.2) is 0 Å². The van der Waals surface area contributed by atoms with Gasteiger partial charge in [0.1, 0.15) is 0 Å². The number of nitrogens with one attached hydrogen (secondary N) is 1. The summed E-state index contributed by atoms with van der Waals surface area (Å²) in [7, 11) is 2.22. The van der Waals surface area contributed by atoms with Gasteiger partial charge in [-0.3, -0.25) is 0 Å². The minimum absolute atomic E-state index is 0.788. The third-order valence-corrected chi connectivity index (χ3v) is 4.79. The van der Waals surface area contributed by atoms with Crippen molar-refractivity contribution in [3.8, 4) is 0 Å². The van der Waals surface area contributed by atoms with E-state index < -0.39 is 0 Å². The molecule has 1 aromatic carbocycles. The van der Waals surface area contributed by atoms with Gasteiger partial charge in [-0.1, -0.05) is 35.0 Å². The average molecular weight is 355 g/mol. The number of hydrogen-bond acceptors (Lipinski definition) is 3. The van der Waals surface area contributed by atoms with Crippen molar-refractivity contribution in [3.05, 3.63) is 33.8 Å². The summed E-state index contributed by atoms with van der Waals surface area (Å²) in [6.45, 7) is 8.10. The van der Waals surface area contributed by atoms with Crippen LogP contribution in [-0.2, 0) is 17.8 Å². The average Bonchev–Trinajstić information content (AvgIpc) is 2.48. The molecule has 0 saturated carbocycles. The second-order valence-electron chi connectivity index (χ2n) is 5.96. The Morgan fingerprint density at radius 2 is 2.10 bits per heavy atom. The first-order valence-corrected chi connectivity index (χ1v) is 8.72. The van der Waals surface area contributed by atoms with Crippen LogP contribution in [0.4, 0.5) is 0 Å². The summed E-state index contributed by atoms with van der Waals surface area (Å²) in [6, 6.07) is 6.71. The normalized spacial score (nSPS) is 16.6. The number of hydrogen-bond donors (Lipinski definition) is 1. The van der Waals surface area contributed by atoms with E-state index in [-0.39, 0.29) is 0 Å². The third kappa shape index (κ3) is 5.70. The molecule has 21 heavy (non-hydrogen) atoms. The Hall–Kier alpha value is -0.420. The Kier molecular flexibility index (Phi) is 7.17. The number of nitrogens with zero attached hydrogens (tertiary/aromatic N) is 1. The van der Waals surface area contributed by atoms with E-state index in [0.717, 1.165) is 45.3 Å². The van der Waals surface area contributed by atoms with Gasteiger partial charge in [-0.05, 0) is 49.5 Å². The van der Waals surface area contributed by atoms with Crippen molar-refractivity contribution in [2.75, 3.05) is 33.4 Å². The fourth-order valence-corrected chi connectivity index (χ4v) is 3.38. The molecule has 118 valence electrons. The lowest BCUT2D eigenvalue weighted by atomic mass is 9.99. The van der Waals surface area contributed by atoms with Crippen LogP contribution in [0.2, 0.25) is 0 Å². The third-order valence-electron chi connectivity index (χ3n) is 4.05. The summed E-state index contributed by atoms with van der Waals surface area (Å²) in [6.07, 6.45) is 2.40. The zero-order valence-corrected chi connectivity index (χ0v) is 14.8. The van der Waals surface area contributed by atoms with Gasteiger partial charge >= 0.3 is 0 Å². The molecular formula is C17H27BrN2O.